The molecule has 0 aliphatic carbocycles. The number of nitrogens with one attached hydrogen (secondary N) is 2. The SMILES string of the molecule is O=C(CCNC(=O)c1ccc(F)cc1Cl)Nc1cc(C(F)(F)F)ccc1N1CCCC1. The third kappa shape index (κ3) is 5.88. The summed E-state index contributed by atoms with van der Waals surface area (Å²) in [5, 5.41) is 4.94. The maximum atomic E-state index is 13.1. The minimum Gasteiger partial charge on any atom is -0.370 e. The topological polar surface area (TPSA) is 61.4 Å². The third-order valence-corrected chi connectivity index (χ3v) is 5.17. The fourth-order valence-corrected chi connectivity index (χ4v) is 3.57. The lowest BCUT2D eigenvalue weighted by molar-refractivity contribution is -0.137. The summed E-state index contributed by atoms with van der Waals surface area (Å²) in [6, 6.07) is 6.58. The Morgan fingerprint density at radius 3 is 2.42 bits per heavy atom. The van der Waals surface area contributed by atoms with Crippen LogP contribution in [0.4, 0.5) is 28.9 Å². The minimum absolute atomic E-state index is 0.0534. The summed E-state index contributed by atoms with van der Waals surface area (Å²) in [7, 11) is 0. The summed E-state index contributed by atoms with van der Waals surface area (Å²) in [5.41, 5.74) is -0.196. The average Bonchev–Trinajstić information content (AvgIpc) is 3.21. The maximum Gasteiger partial charge on any atom is 0.416 e. The number of hydrogen-bond acceptors (Lipinski definition) is 3. The predicted molar refractivity (Wildman–Crippen MR) is 110 cm³/mol. The monoisotopic (exact) mass is 457 g/mol. The number of carbonyl (C=O) groups is 2. The zero-order valence-corrected chi connectivity index (χ0v) is 17.1. The molecule has 1 saturated heterocycles. The number of rotatable bonds is 6. The Morgan fingerprint density at radius 1 is 1.06 bits per heavy atom. The Hall–Kier alpha value is -2.81. The van der Waals surface area contributed by atoms with Crippen LogP contribution in [0.25, 0.3) is 0 Å². The van der Waals surface area contributed by atoms with E-state index in [0.29, 0.717) is 18.8 Å². The van der Waals surface area contributed by atoms with Gasteiger partial charge in [0.15, 0.2) is 0 Å². The molecule has 1 aliphatic rings. The lowest BCUT2D eigenvalue weighted by Gasteiger charge is -2.23. The zero-order valence-electron chi connectivity index (χ0n) is 16.4. The highest BCUT2D eigenvalue weighted by Gasteiger charge is 2.32. The lowest BCUT2D eigenvalue weighted by Crippen LogP contribution is -2.28. The molecule has 0 bridgehead atoms. The van der Waals surface area contributed by atoms with E-state index in [4.69, 9.17) is 11.6 Å². The fourth-order valence-electron chi connectivity index (χ4n) is 3.32. The van der Waals surface area contributed by atoms with Crippen LogP contribution in [0, 0.1) is 5.82 Å². The van der Waals surface area contributed by atoms with Gasteiger partial charge in [-0.1, -0.05) is 11.6 Å². The molecule has 1 fully saturated rings. The molecule has 0 atom stereocenters. The van der Waals surface area contributed by atoms with E-state index in [1.165, 1.54) is 12.1 Å². The van der Waals surface area contributed by atoms with Crippen molar-refractivity contribution in [1.29, 1.82) is 0 Å². The molecule has 0 unspecified atom stereocenters. The van der Waals surface area contributed by atoms with Gasteiger partial charge in [-0.15, -0.1) is 0 Å². The molecule has 0 saturated carbocycles. The Labute approximate surface area is 181 Å². The molecule has 2 aromatic rings. The van der Waals surface area contributed by atoms with Crippen LogP contribution in [0.1, 0.15) is 35.2 Å². The van der Waals surface area contributed by atoms with E-state index in [-0.39, 0.29) is 29.2 Å². The second-order valence-corrected chi connectivity index (χ2v) is 7.51. The van der Waals surface area contributed by atoms with E-state index < -0.39 is 29.4 Å². The van der Waals surface area contributed by atoms with E-state index in [0.717, 1.165) is 37.1 Å². The van der Waals surface area contributed by atoms with E-state index in [1.807, 2.05) is 4.90 Å². The number of alkyl halides is 3. The first-order valence-corrected chi connectivity index (χ1v) is 10.0. The molecule has 10 heteroatoms. The number of amides is 2. The number of hydrogen-bond donors (Lipinski definition) is 2. The van der Waals surface area contributed by atoms with Gasteiger partial charge in [-0.2, -0.15) is 13.2 Å². The van der Waals surface area contributed by atoms with Crippen LogP contribution in [0.2, 0.25) is 5.02 Å². The molecular weight excluding hydrogens is 438 g/mol. The van der Waals surface area contributed by atoms with Crippen molar-refractivity contribution in [2.75, 3.05) is 29.9 Å². The van der Waals surface area contributed by atoms with Gasteiger partial charge in [0.1, 0.15) is 5.82 Å². The Kier molecular flexibility index (Phi) is 7.04. The van der Waals surface area contributed by atoms with Crippen LogP contribution in [-0.4, -0.2) is 31.4 Å². The molecule has 3 rings (SSSR count). The largest absolute Gasteiger partial charge is 0.416 e. The first-order valence-electron chi connectivity index (χ1n) is 9.64. The molecule has 2 N–H and O–H groups in total. The second-order valence-electron chi connectivity index (χ2n) is 7.10. The molecule has 1 heterocycles. The zero-order chi connectivity index (χ0) is 22.6. The lowest BCUT2D eigenvalue weighted by atomic mass is 10.1. The minimum atomic E-state index is -4.54. The highest BCUT2D eigenvalue weighted by molar-refractivity contribution is 6.33. The van der Waals surface area contributed by atoms with E-state index in [9.17, 15) is 27.2 Å². The smallest absolute Gasteiger partial charge is 0.370 e. The number of carbonyl (C=O) groups excluding carboxylic acids is 2. The fraction of sp³-hybridized carbons (Fsp3) is 0.333. The molecular formula is C21H20ClF4N3O2. The maximum absolute atomic E-state index is 13.1. The summed E-state index contributed by atoms with van der Waals surface area (Å²) < 4.78 is 52.4. The Balaban J connectivity index is 1.64. The van der Waals surface area contributed by atoms with Crippen molar-refractivity contribution < 1.29 is 27.2 Å². The van der Waals surface area contributed by atoms with Gasteiger partial charge in [0.25, 0.3) is 5.91 Å². The molecule has 0 spiro atoms. The molecule has 5 nitrogen and oxygen atoms in total. The summed E-state index contributed by atoms with van der Waals surface area (Å²) >= 11 is 5.83. The summed E-state index contributed by atoms with van der Waals surface area (Å²) in [5.74, 6) is -1.73. The highest BCUT2D eigenvalue weighted by Crippen LogP contribution is 2.36. The molecule has 2 aromatic carbocycles. The third-order valence-electron chi connectivity index (χ3n) is 4.86. The summed E-state index contributed by atoms with van der Waals surface area (Å²) in [6.07, 6.45) is -2.86. The molecule has 0 radical (unpaired) electrons. The first kappa shape index (κ1) is 22.9. The predicted octanol–water partition coefficient (Wildman–Crippen LogP) is 4.86. The van der Waals surface area contributed by atoms with E-state index in [1.54, 1.807) is 0 Å². The summed E-state index contributed by atoms with van der Waals surface area (Å²) in [4.78, 5) is 26.4. The van der Waals surface area contributed by atoms with Crippen molar-refractivity contribution in [3.05, 3.63) is 58.4 Å². The van der Waals surface area contributed by atoms with Gasteiger partial charge in [0.2, 0.25) is 5.91 Å². The van der Waals surface area contributed by atoms with Crippen LogP contribution in [-0.2, 0) is 11.0 Å². The number of anilines is 2. The van der Waals surface area contributed by atoms with Crippen molar-refractivity contribution in [3.8, 4) is 0 Å². The van der Waals surface area contributed by atoms with Gasteiger partial charge < -0.3 is 15.5 Å². The van der Waals surface area contributed by atoms with Crippen LogP contribution in [0.5, 0.6) is 0 Å². The van der Waals surface area contributed by atoms with Crippen LogP contribution in [0.15, 0.2) is 36.4 Å². The Bertz CT molecular complexity index is 976. The van der Waals surface area contributed by atoms with Crippen LogP contribution in [0.3, 0.4) is 0 Å². The van der Waals surface area contributed by atoms with Crippen molar-refractivity contribution in [2.45, 2.75) is 25.4 Å². The molecule has 0 aromatic heterocycles. The molecule has 2 amide bonds. The van der Waals surface area contributed by atoms with Crippen molar-refractivity contribution in [1.82, 2.24) is 5.32 Å². The van der Waals surface area contributed by atoms with Crippen LogP contribution >= 0.6 is 11.6 Å². The number of halogens is 5. The van der Waals surface area contributed by atoms with Crippen molar-refractivity contribution in [3.63, 3.8) is 0 Å². The van der Waals surface area contributed by atoms with E-state index in [2.05, 4.69) is 10.6 Å². The number of benzene rings is 2. The first-order chi connectivity index (χ1) is 14.6. The summed E-state index contributed by atoms with van der Waals surface area (Å²) in [6.45, 7) is 1.32. The molecule has 166 valence electrons. The van der Waals surface area contributed by atoms with Gasteiger partial charge in [0, 0.05) is 26.1 Å². The second kappa shape index (κ2) is 9.55. The van der Waals surface area contributed by atoms with Crippen LogP contribution < -0.4 is 15.5 Å². The quantitative estimate of drug-likeness (QED) is 0.609. The number of nitrogens with zero attached hydrogens (tertiary/aromatic N) is 1. The van der Waals surface area contributed by atoms with Gasteiger partial charge >= 0.3 is 6.18 Å². The normalized spacial score (nSPS) is 13.9. The Morgan fingerprint density at radius 2 is 1.77 bits per heavy atom. The van der Waals surface area contributed by atoms with Gasteiger partial charge in [0.05, 0.1) is 27.5 Å². The standard InChI is InChI=1S/C21H20ClF4N3O2/c22-16-12-14(23)4-5-15(16)20(31)27-8-7-19(30)28-17-11-13(21(24,25)26)3-6-18(17)29-9-1-2-10-29/h3-6,11-12H,1-2,7-10H2,(H,27,31)(H,28,30). The average molecular weight is 458 g/mol. The van der Waals surface area contributed by atoms with Gasteiger partial charge in [-0.3, -0.25) is 9.59 Å². The van der Waals surface area contributed by atoms with Gasteiger partial charge in [-0.25, -0.2) is 4.39 Å². The van der Waals surface area contributed by atoms with Crippen molar-refractivity contribution in [2.24, 2.45) is 0 Å². The highest BCUT2D eigenvalue weighted by atomic mass is 35.5. The van der Waals surface area contributed by atoms with E-state index >= 15 is 0 Å². The molecule has 31 heavy (non-hydrogen) atoms. The van der Waals surface area contributed by atoms with Crippen molar-refractivity contribution >= 4 is 34.8 Å². The van der Waals surface area contributed by atoms with Gasteiger partial charge in [-0.05, 0) is 49.2 Å². The molecule has 1 aliphatic heterocycles.